The first-order valence-corrected chi connectivity index (χ1v) is 7.63. The second-order valence-corrected chi connectivity index (χ2v) is 5.68. The molecule has 3 aromatic rings. The molecule has 0 aromatic heterocycles. The number of likely N-dealkylation sites (N-methyl/N-ethyl adjacent to an activating group) is 1. The van der Waals surface area contributed by atoms with Crippen LogP contribution in [0.1, 0.15) is 5.56 Å². The SMILES string of the molecule is CN(C)C(=O)C=Cc1ccccc1-c1cccc2ccccc12. The second-order valence-electron chi connectivity index (χ2n) is 5.68. The van der Waals surface area contributed by atoms with E-state index in [0.29, 0.717) is 0 Å². The van der Waals surface area contributed by atoms with Gasteiger partial charge in [0.2, 0.25) is 5.91 Å². The molecule has 23 heavy (non-hydrogen) atoms. The van der Waals surface area contributed by atoms with Crippen molar-refractivity contribution in [2.45, 2.75) is 0 Å². The van der Waals surface area contributed by atoms with Crippen LogP contribution in [0, 0.1) is 0 Å². The minimum Gasteiger partial charge on any atom is -0.345 e. The lowest BCUT2D eigenvalue weighted by Gasteiger charge is -2.10. The van der Waals surface area contributed by atoms with Gasteiger partial charge in [-0.15, -0.1) is 0 Å². The van der Waals surface area contributed by atoms with Gasteiger partial charge in [0.1, 0.15) is 0 Å². The predicted octanol–water partition coefficient (Wildman–Crippen LogP) is 4.61. The van der Waals surface area contributed by atoms with E-state index < -0.39 is 0 Å². The van der Waals surface area contributed by atoms with Crippen molar-refractivity contribution in [2.75, 3.05) is 14.1 Å². The van der Waals surface area contributed by atoms with Crippen LogP contribution < -0.4 is 0 Å². The Morgan fingerprint density at radius 3 is 2.30 bits per heavy atom. The molecule has 3 aromatic carbocycles. The van der Waals surface area contributed by atoms with Gasteiger partial charge >= 0.3 is 0 Å². The summed E-state index contributed by atoms with van der Waals surface area (Å²) < 4.78 is 0. The minimum atomic E-state index is -0.0160. The zero-order valence-corrected chi connectivity index (χ0v) is 13.4. The Kier molecular flexibility index (Phi) is 4.24. The molecule has 0 fully saturated rings. The lowest BCUT2D eigenvalue weighted by atomic mass is 9.94. The van der Waals surface area contributed by atoms with Crippen molar-refractivity contribution in [3.63, 3.8) is 0 Å². The maximum absolute atomic E-state index is 11.8. The van der Waals surface area contributed by atoms with Crippen molar-refractivity contribution in [2.24, 2.45) is 0 Å². The highest BCUT2D eigenvalue weighted by Crippen LogP contribution is 2.31. The molecule has 0 heterocycles. The third kappa shape index (κ3) is 3.16. The summed E-state index contributed by atoms with van der Waals surface area (Å²) in [5.74, 6) is -0.0160. The van der Waals surface area contributed by atoms with Crippen molar-refractivity contribution < 1.29 is 4.79 Å². The highest BCUT2D eigenvalue weighted by molar-refractivity contribution is 5.99. The Bertz CT molecular complexity index is 872. The van der Waals surface area contributed by atoms with E-state index in [9.17, 15) is 4.79 Å². The quantitative estimate of drug-likeness (QED) is 0.647. The van der Waals surface area contributed by atoms with Gasteiger partial charge in [-0.05, 0) is 33.5 Å². The number of rotatable bonds is 3. The molecule has 2 nitrogen and oxygen atoms in total. The van der Waals surface area contributed by atoms with E-state index >= 15 is 0 Å². The fraction of sp³-hybridized carbons (Fsp3) is 0.0952. The van der Waals surface area contributed by atoms with Gasteiger partial charge in [0.15, 0.2) is 0 Å². The Labute approximate surface area is 136 Å². The summed E-state index contributed by atoms with van der Waals surface area (Å²) in [7, 11) is 3.51. The molecule has 0 atom stereocenters. The first-order valence-electron chi connectivity index (χ1n) is 7.63. The van der Waals surface area contributed by atoms with Crippen LogP contribution in [-0.2, 0) is 4.79 Å². The second kappa shape index (κ2) is 6.49. The molecule has 0 radical (unpaired) electrons. The third-order valence-electron chi connectivity index (χ3n) is 3.89. The predicted molar refractivity (Wildman–Crippen MR) is 97.1 cm³/mol. The summed E-state index contributed by atoms with van der Waals surface area (Å²) >= 11 is 0. The van der Waals surface area contributed by atoms with Crippen molar-refractivity contribution >= 4 is 22.8 Å². The van der Waals surface area contributed by atoms with Gasteiger partial charge in [-0.3, -0.25) is 4.79 Å². The Morgan fingerprint density at radius 2 is 1.48 bits per heavy atom. The largest absolute Gasteiger partial charge is 0.345 e. The lowest BCUT2D eigenvalue weighted by Crippen LogP contribution is -2.18. The van der Waals surface area contributed by atoms with Crippen LogP contribution in [0.5, 0.6) is 0 Å². The van der Waals surface area contributed by atoms with Crippen LogP contribution in [0.3, 0.4) is 0 Å². The summed E-state index contributed by atoms with van der Waals surface area (Å²) in [4.78, 5) is 13.4. The zero-order chi connectivity index (χ0) is 16.2. The number of amides is 1. The molecule has 3 rings (SSSR count). The summed E-state index contributed by atoms with van der Waals surface area (Å²) in [6.45, 7) is 0. The van der Waals surface area contributed by atoms with Crippen LogP contribution in [0.15, 0.2) is 72.8 Å². The van der Waals surface area contributed by atoms with Gasteiger partial charge in [0, 0.05) is 20.2 Å². The van der Waals surface area contributed by atoms with Gasteiger partial charge in [0.05, 0.1) is 0 Å². The molecule has 0 aliphatic carbocycles. The van der Waals surface area contributed by atoms with E-state index in [-0.39, 0.29) is 5.91 Å². The third-order valence-corrected chi connectivity index (χ3v) is 3.89. The number of hydrogen-bond donors (Lipinski definition) is 0. The summed E-state index contributed by atoms with van der Waals surface area (Å²) in [6, 6.07) is 22.8. The molecular weight excluding hydrogens is 282 g/mol. The number of carbonyl (C=O) groups is 1. The Balaban J connectivity index is 2.12. The van der Waals surface area contributed by atoms with Crippen LogP contribution in [0.25, 0.3) is 28.0 Å². The number of carbonyl (C=O) groups excluding carboxylic acids is 1. The average molecular weight is 301 g/mol. The smallest absolute Gasteiger partial charge is 0.246 e. The van der Waals surface area contributed by atoms with Crippen molar-refractivity contribution in [3.05, 3.63) is 78.4 Å². The van der Waals surface area contributed by atoms with Gasteiger partial charge in [-0.2, -0.15) is 0 Å². The highest BCUT2D eigenvalue weighted by Gasteiger charge is 2.07. The molecular formula is C21H19NO. The first-order chi connectivity index (χ1) is 11.2. The molecule has 0 aliphatic rings. The van der Waals surface area contributed by atoms with E-state index in [0.717, 1.165) is 11.1 Å². The summed E-state index contributed by atoms with van der Waals surface area (Å²) in [5, 5.41) is 2.43. The number of fused-ring (bicyclic) bond motifs is 1. The maximum atomic E-state index is 11.8. The Morgan fingerprint density at radius 1 is 0.826 bits per heavy atom. The fourth-order valence-electron chi connectivity index (χ4n) is 2.66. The van der Waals surface area contributed by atoms with Crippen LogP contribution in [0.4, 0.5) is 0 Å². The minimum absolute atomic E-state index is 0.0160. The standard InChI is InChI=1S/C21H19NO/c1-22(2)21(23)15-14-17-9-4-6-12-19(17)20-13-7-10-16-8-3-5-11-18(16)20/h3-15H,1-2H3. The van der Waals surface area contributed by atoms with E-state index in [1.54, 1.807) is 25.1 Å². The molecule has 0 N–H and O–H groups in total. The van der Waals surface area contributed by atoms with E-state index in [1.165, 1.54) is 16.3 Å². The van der Waals surface area contributed by atoms with Crippen LogP contribution in [-0.4, -0.2) is 24.9 Å². The molecule has 0 aliphatic heterocycles. The van der Waals surface area contributed by atoms with E-state index in [2.05, 4.69) is 42.5 Å². The monoisotopic (exact) mass is 301 g/mol. The molecule has 0 saturated carbocycles. The number of benzene rings is 3. The van der Waals surface area contributed by atoms with Gasteiger partial charge in [0.25, 0.3) is 0 Å². The zero-order valence-electron chi connectivity index (χ0n) is 13.4. The summed E-state index contributed by atoms with van der Waals surface area (Å²) in [5.41, 5.74) is 3.35. The summed E-state index contributed by atoms with van der Waals surface area (Å²) in [6.07, 6.45) is 3.50. The molecule has 1 amide bonds. The maximum Gasteiger partial charge on any atom is 0.246 e. The lowest BCUT2D eigenvalue weighted by molar-refractivity contribution is -0.123. The number of nitrogens with zero attached hydrogens (tertiary/aromatic N) is 1. The van der Waals surface area contributed by atoms with Gasteiger partial charge < -0.3 is 4.90 Å². The first kappa shape index (κ1) is 15.0. The van der Waals surface area contributed by atoms with Crippen LogP contribution >= 0.6 is 0 Å². The van der Waals surface area contributed by atoms with E-state index in [4.69, 9.17) is 0 Å². The topological polar surface area (TPSA) is 20.3 Å². The van der Waals surface area contributed by atoms with Crippen molar-refractivity contribution in [1.82, 2.24) is 4.90 Å². The fourth-order valence-corrected chi connectivity index (χ4v) is 2.66. The molecule has 114 valence electrons. The highest BCUT2D eigenvalue weighted by atomic mass is 16.2. The molecule has 0 unspecified atom stereocenters. The molecule has 0 saturated heterocycles. The number of hydrogen-bond acceptors (Lipinski definition) is 1. The van der Waals surface area contributed by atoms with Crippen molar-refractivity contribution in [1.29, 1.82) is 0 Å². The van der Waals surface area contributed by atoms with E-state index in [1.807, 2.05) is 30.3 Å². The normalized spacial score (nSPS) is 11.0. The molecule has 0 bridgehead atoms. The Hall–Kier alpha value is -2.87. The molecule has 0 spiro atoms. The van der Waals surface area contributed by atoms with Crippen LogP contribution in [0.2, 0.25) is 0 Å². The van der Waals surface area contributed by atoms with Crippen molar-refractivity contribution in [3.8, 4) is 11.1 Å². The molecule has 2 heteroatoms. The van der Waals surface area contributed by atoms with Gasteiger partial charge in [-0.1, -0.05) is 66.7 Å². The van der Waals surface area contributed by atoms with Gasteiger partial charge in [-0.25, -0.2) is 0 Å². The average Bonchev–Trinajstić information content (AvgIpc) is 2.59.